The lowest BCUT2D eigenvalue weighted by molar-refractivity contribution is 0.760. The Balaban J connectivity index is 2.03. The molecule has 172 valence electrons. The minimum Gasteiger partial charge on any atom is -0.352 e. The van der Waals surface area contributed by atoms with Gasteiger partial charge in [-0.25, -0.2) is 0 Å². The van der Waals surface area contributed by atoms with Crippen molar-refractivity contribution in [1.82, 2.24) is 0 Å². The number of hydrogen-bond donors (Lipinski definition) is 0. The Morgan fingerprint density at radius 1 is 0.750 bits per heavy atom. The van der Waals surface area contributed by atoms with Gasteiger partial charge in [0.1, 0.15) is 0 Å². The van der Waals surface area contributed by atoms with Crippen LogP contribution in [0.2, 0.25) is 0 Å². The van der Waals surface area contributed by atoms with Gasteiger partial charge in [-0.2, -0.15) is 0 Å². The van der Waals surface area contributed by atoms with Gasteiger partial charge in [-0.15, -0.1) is 5.73 Å². The van der Waals surface area contributed by atoms with Crippen molar-refractivity contribution in [3.8, 4) is 0 Å². The number of benzene rings is 2. The summed E-state index contributed by atoms with van der Waals surface area (Å²) in [5, 5.41) is 0. The minimum atomic E-state index is 0.446. The average Bonchev–Trinajstić information content (AvgIpc) is 3.25. The van der Waals surface area contributed by atoms with Crippen molar-refractivity contribution >= 4 is 11.4 Å². The summed E-state index contributed by atoms with van der Waals surface area (Å²) in [5.41, 5.74) is 11.7. The second-order valence-electron chi connectivity index (χ2n) is 10.2. The predicted octanol–water partition coefficient (Wildman–Crippen LogP) is 8.18. The molecule has 2 nitrogen and oxygen atoms in total. The molecule has 0 bridgehead atoms. The maximum atomic E-state index is 3.76. The van der Waals surface area contributed by atoms with E-state index in [0.29, 0.717) is 23.7 Å². The van der Waals surface area contributed by atoms with Gasteiger partial charge in [0.05, 0.1) is 6.67 Å². The van der Waals surface area contributed by atoms with Crippen LogP contribution in [0.15, 0.2) is 54.8 Å². The third-order valence-electron chi connectivity index (χ3n) is 6.82. The largest absolute Gasteiger partial charge is 0.352 e. The number of nitrogens with zero attached hydrogens (tertiary/aromatic N) is 2. The summed E-state index contributed by atoms with van der Waals surface area (Å²) >= 11 is 0. The molecule has 2 aromatic carbocycles. The average molecular weight is 431 g/mol. The molecule has 1 aliphatic rings. The monoisotopic (exact) mass is 430 g/mol. The van der Waals surface area contributed by atoms with E-state index in [0.717, 1.165) is 26.2 Å². The fourth-order valence-electron chi connectivity index (χ4n) is 5.03. The summed E-state index contributed by atoms with van der Waals surface area (Å²) in [6, 6.07) is 13.8. The molecule has 1 heterocycles. The van der Waals surface area contributed by atoms with Crippen LogP contribution in [0.25, 0.3) is 0 Å². The summed E-state index contributed by atoms with van der Waals surface area (Å²) in [5.74, 6) is 1.97. The molecule has 0 radical (unpaired) electrons. The molecular weight excluding hydrogens is 388 g/mol. The van der Waals surface area contributed by atoms with Gasteiger partial charge in [0.25, 0.3) is 0 Å². The molecule has 2 heteroatoms. The molecule has 3 rings (SSSR count). The van der Waals surface area contributed by atoms with Crippen LogP contribution in [0.1, 0.15) is 101 Å². The van der Waals surface area contributed by atoms with Crippen LogP contribution >= 0.6 is 0 Å². The van der Waals surface area contributed by atoms with Gasteiger partial charge >= 0.3 is 0 Å². The van der Waals surface area contributed by atoms with Gasteiger partial charge in [0, 0.05) is 24.5 Å². The summed E-state index contributed by atoms with van der Waals surface area (Å²) < 4.78 is 0. The molecule has 1 fully saturated rings. The van der Waals surface area contributed by atoms with Crippen LogP contribution in [0.3, 0.4) is 0 Å². The molecule has 0 aromatic heterocycles. The Hall–Kier alpha value is -2.44. The highest BCUT2D eigenvalue weighted by atomic mass is 15.4. The summed E-state index contributed by atoms with van der Waals surface area (Å²) in [4.78, 5) is 5.25. The van der Waals surface area contributed by atoms with E-state index in [1.54, 1.807) is 0 Å². The first-order valence-corrected chi connectivity index (χ1v) is 12.4. The van der Waals surface area contributed by atoms with Crippen molar-refractivity contribution in [2.45, 2.75) is 78.6 Å². The molecule has 1 saturated heterocycles. The molecule has 1 atom stereocenters. The Bertz CT molecular complexity index is 937. The minimum absolute atomic E-state index is 0.446. The highest BCUT2D eigenvalue weighted by molar-refractivity contribution is 5.68. The Labute approximate surface area is 196 Å². The topological polar surface area (TPSA) is 6.48 Å². The van der Waals surface area contributed by atoms with E-state index in [4.69, 9.17) is 0 Å². The lowest BCUT2D eigenvalue weighted by Gasteiger charge is -2.31. The quantitative estimate of drug-likeness (QED) is 0.390. The molecule has 0 N–H and O–H groups in total. The van der Waals surface area contributed by atoms with E-state index in [2.05, 4.69) is 113 Å². The number of anilines is 2. The molecule has 0 amide bonds. The molecule has 0 aliphatic carbocycles. The first-order chi connectivity index (χ1) is 15.3. The fraction of sp³-hybridized carbons (Fsp3) is 0.500. The summed E-state index contributed by atoms with van der Waals surface area (Å²) in [7, 11) is 0. The number of hydrogen-bond acceptors (Lipinski definition) is 2. The van der Waals surface area contributed by atoms with E-state index in [1.165, 1.54) is 33.6 Å². The molecule has 0 spiro atoms. The SMILES string of the molecule is C=C=CCC(C)c1cccc(C(C)C)c1N1CCN(c2c(C(C)C)cccc2C(C)C)C1. The normalized spacial score (nSPS) is 15.1. The van der Waals surface area contributed by atoms with E-state index < -0.39 is 0 Å². The molecule has 2 aromatic rings. The third-order valence-corrected chi connectivity index (χ3v) is 6.82. The maximum absolute atomic E-state index is 3.76. The van der Waals surface area contributed by atoms with E-state index in [-0.39, 0.29) is 0 Å². The maximum Gasteiger partial charge on any atom is 0.0904 e. The van der Waals surface area contributed by atoms with E-state index in [9.17, 15) is 0 Å². The van der Waals surface area contributed by atoms with E-state index in [1.807, 2.05) is 0 Å². The van der Waals surface area contributed by atoms with Crippen molar-refractivity contribution in [3.63, 3.8) is 0 Å². The van der Waals surface area contributed by atoms with Crippen molar-refractivity contribution in [1.29, 1.82) is 0 Å². The van der Waals surface area contributed by atoms with Crippen LogP contribution < -0.4 is 9.80 Å². The van der Waals surface area contributed by atoms with Gasteiger partial charge in [0.15, 0.2) is 0 Å². The second-order valence-corrected chi connectivity index (χ2v) is 10.2. The molecular formula is C30H42N2. The zero-order valence-corrected chi connectivity index (χ0v) is 21.3. The van der Waals surface area contributed by atoms with Gasteiger partial charge in [0.2, 0.25) is 0 Å². The van der Waals surface area contributed by atoms with Crippen LogP contribution in [0.4, 0.5) is 11.4 Å². The third kappa shape index (κ3) is 4.97. The van der Waals surface area contributed by atoms with E-state index >= 15 is 0 Å². The predicted molar refractivity (Wildman–Crippen MR) is 141 cm³/mol. The molecule has 32 heavy (non-hydrogen) atoms. The Kier molecular flexibility index (Phi) is 7.91. The Morgan fingerprint density at radius 2 is 1.16 bits per heavy atom. The van der Waals surface area contributed by atoms with Crippen LogP contribution in [0, 0.1) is 0 Å². The highest BCUT2D eigenvalue weighted by Gasteiger charge is 2.29. The van der Waals surface area contributed by atoms with Crippen LogP contribution in [-0.2, 0) is 0 Å². The lowest BCUT2D eigenvalue weighted by atomic mass is 9.89. The van der Waals surface area contributed by atoms with Gasteiger partial charge < -0.3 is 9.80 Å². The molecule has 1 unspecified atom stereocenters. The first kappa shape index (κ1) is 24.2. The second kappa shape index (κ2) is 10.5. The zero-order chi connectivity index (χ0) is 23.4. The summed E-state index contributed by atoms with van der Waals surface area (Å²) in [6.45, 7) is 23.1. The zero-order valence-electron chi connectivity index (χ0n) is 21.3. The van der Waals surface area contributed by atoms with Crippen LogP contribution in [0.5, 0.6) is 0 Å². The smallest absolute Gasteiger partial charge is 0.0904 e. The lowest BCUT2D eigenvalue weighted by Crippen LogP contribution is -2.28. The number of rotatable bonds is 8. The fourth-order valence-corrected chi connectivity index (χ4v) is 5.03. The standard InChI is InChI=1S/C30H42N2/c1-9-10-13-24(8)28-17-12-16-27(23(6)7)30(28)32-19-18-31(20-32)29-25(21(2)3)14-11-15-26(29)22(4)5/h10-12,14-17,21-24H,1,13,18-20H2,2-8H3. The molecule has 1 aliphatic heterocycles. The first-order valence-electron chi connectivity index (χ1n) is 12.4. The summed E-state index contributed by atoms with van der Waals surface area (Å²) in [6.07, 6.45) is 3.05. The Morgan fingerprint density at radius 3 is 1.56 bits per heavy atom. The highest BCUT2D eigenvalue weighted by Crippen LogP contribution is 2.41. The van der Waals surface area contributed by atoms with Crippen molar-refractivity contribution < 1.29 is 0 Å². The number of para-hydroxylation sites is 2. The van der Waals surface area contributed by atoms with Gasteiger partial charge in [-0.05, 0) is 58.4 Å². The number of allylic oxidation sites excluding steroid dienone is 1. The van der Waals surface area contributed by atoms with Gasteiger partial charge in [-0.3, -0.25) is 0 Å². The van der Waals surface area contributed by atoms with Crippen molar-refractivity contribution in [2.24, 2.45) is 0 Å². The van der Waals surface area contributed by atoms with Crippen molar-refractivity contribution in [2.75, 3.05) is 29.6 Å². The van der Waals surface area contributed by atoms with Crippen LogP contribution in [-0.4, -0.2) is 19.8 Å². The van der Waals surface area contributed by atoms with Crippen molar-refractivity contribution in [3.05, 3.63) is 77.0 Å². The van der Waals surface area contributed by atoms with Gasteiger partial charge in [-0.1, -0.05) is 91.4 Å². The molecule has 0 saturated carbocycles.